The van der Waals surface area contributed by atoms with Crippen molar-refractivity contribution in [1.29, 1.82) is 0 Å². The molecule has 1 saturated heterocycles. The van der Waals surface area contributed by atoms with E-state index in [4.69, 9.17) is 0 Å². The number of pyridine rings is 1. The highest BCUT2D eigenvalue weighted by atomic mass is 16.3. The van der Waals surface area contributed by atoms with E-state index in [9.17, 15) is 9.90 Å². The third kappa shape index (κ3) is 3.24. The van der Waals surface area contributed by atoms with Crippen molar-refractivity contribution in [2.75, 3.05) is 26.2 Å². The highest BCUT2D eigenvalue weighted by Crippen LogP contribution is 2.19. The summed E-state index contributed by atoms with van der Waals surface area (Å²) in [5.74, 6) is 0.161. The van der Waals surface area contributed by atoms with Gasteiger partial charge in [-0.2, -0.15) is 0 Å². The van der Waals surface area contributed by atoms with Crippen molar-refractivity contribution in [1.82, 2.24) is 14.8 Å². The quantitative estimate of drug-likeness (QED) is 0.885. The van der Waals surface area contributed by atoms with Gasteiger partial charge in [-0.25, -0.2) is 0 Å². The number of hydrogen-bond acceptors (Lipinski definition) is 4. The van der Waals surface area contributed by atoms with Crippen molar-refractivity contribution in [3.05, 3.63) is 29.1 Å². The van der Waals surface area contributed by atoms with E-state index in [0.717, 1.165) is 43.7 Å². The lowest BCUT2D eigenvalue weighted by Crippen LogP contribution is -2.42. The molecule has 0 unspecified atom stereocenters. The Bertz CT molecular complexity index is 532. The van der Waals surface area contributed by atoms with Gasteiger partial charge in [-0.3, -0.25) is 14.7 Å². The normalized spacial score (nSPS) is 22.4. The molecule has 5 nitrogen and oxygen atoms in total. The van der Waals surface area contributed by atoms with Crippen LogP contribution in [0.5, 0.6) is 0 Å². The molecule has 3 heterocycles. The fourth-order valence-electron chi connectivity index (χ4n) is 3.12. The van der Waals surface area contributed by atoms with Crippen LogP contribution < -0.4 is 0 Å². The van der Waals surface area contributed by atoms with Gasteiger partial charge in [0.05, 0.1) is 12.6 Å². The van der Waals surface area contributed by atoms with Crippen molar-refractivity contribution >= 4 is 5.91 Å². The molecule has 2 aliphatic heterocycles. The molecule has 0 radical (unpaired) electrons. The van der Waals surface area contributed by atoms with Gasteiger partial charge in [-0.15, -0.1) is 0 Å². The monoisotopic (exact) mass is 289 g/mol. The topological polar surface area (TPSA) is 56.7 Å². The number of likely N-dealkylation sites (tertiary alicyclic amines) is 1. The summed E-state index contributed by atoms with van der Waals surface area (Å²) in [6, 6.07) is 4.17. The number of hydrogen-bond donors (Lipinski definition) is 1. The van der Waals surface area contributed by atoms with Crippen LogP contribution in [0.2, 0.25) is 0 Å². The lowest BCUT2D eigenvalue weighted by Gasteiger charge is -2.30. The van der Waals surface area contributed by atoms with Crippen LogP contribution in [-0.2, 0) is 24.2 Å². The van der Waals surface area contributed by atoms with Gasteiger partial charge < -0.3 is 10.0 Å². The Morgan fingerprint density at radius 2 is 2.29 bits per heavy atom. The lowest BCUT2D eigenvalue weighted by molar-refractivity contribution is -0.133. The number of aliphatic hydroxyl groups is 1. The van der Waals surface area contributed by atoms with Crippen LogP contribution in [0.15, 0.2) is 12.1 Å². The van der Waals surface area contributed by atoms with E-state index < -0.39 is 0 Å². The molecule has 0 spiro atoms. The molecule has 1 aromatic heterocycles. The molecule has 21 heavy (non-hydrogen) atoms. The first-order chi connectivity index (χ1) is 10.2. The highest BCUT2D eigenvalue weighted by molar-refractivity contribution is 5.78. The number of nitrogens with zero attached hydrogens (tertiary/aromatic N) is 3. The predicted octanol–water partition coefficient (Wildman–Crippen LogP) is 0.595. The Labute approximate surface area is 125 Å². The zero-order valence-electron chi connectivity index (χ0n) is 12.6. The van der Waals surface area contributed by atoms with Crippen molar-refractivity contribution in [3.8, 4) is 0 Å². The number of aryl methyl sites for hydroxylation is 1. The Morgan fingerprint density at radius 1 is 1.43 bits per heavy atom. The predicted molar refractivity (Wildman–Crippen MR) is 79.8 cm³/mol. The van der Waals surface area contributed by atoms with Gasteiger partial charge in [-0.1, -0.05) is 13.0 Å². The molecule has 0 aromatic carbocycles. The molecule has 0 aliphatic carbocycles. The van der Waals surface area contributed by atoms with E-state index in [-0.39, 0.29) is 12.0 Å². The number of rotatable bonds is 3. The molecular weight excluding hydrogens is 266 g/mol. The van der Waals surface area contributed by atoms with Crippen molar-refractivity contribution < 1.29 is 9.90 Å². The molecule has 2 aliphatic rings. The summed E-state index contributed by atoms with van der Waals surface area (Å²) in [5.41, 5.74) is 3.45. The van der Waals surface area contributed by atoms with E-state index >= 15 is 0 Å². The Morgan fingerprint density at radius 3 is 3.00 bits per heavy atom. The van der Waals surface area contributed by atoms with Gasteiger partial charge >= 0.3 is 0 Å². The van der Waals surface area contributed by atoms with Crippen LogP contribution in [0.1, 0.15) is 30.3 Å². The van der Waals surface area contributed by atoms with Crippen molar-refractivity contribution in [3.63, 3.8) is 0 Å². The minimum absolute atomic E-state index is 0.161. The van der Waals surface area contributed by atoms with Crippen LogP contribution in [0.25, 0.3) is 0 Å². The van der Waals surface area contributed by atoms with Gasteiger partial charge in [0.1, 0.15) is 0 Å². The van der Waals surface area contributed by atoms with E-state index in [1.165, 1.54) is 5.56 Å². The maximum atomic E-state index is 12.4. The number of aromatic nitrogens is 1. The third-order valence-corrected chi connectivity index (χ3v) is 4.43. The van der Waals surface area contributed by atoms with E-state index in [1.807, 2.05) is 9.80 Å². The number of carbonyl (C=O) groups is 1. The first-order valence-electron chi connectivity index (χ1n) is 7.81. The number of β-amino-alcohol motifs (C(OH)–C–C–N with tert-alkyl or cyclic N) is 1. The zero-order chi connectivity index (χ0) is 14.8. The highest BCUT2D eigenvalue weighted by Gasteiger charge is 2.26. The summed E-state index contributed by atoms with van der Waals surface area (Å²) in [4.78, 5) is 21.0. The second-order valence-electron chi connectivity index (χ2n) is 6.00. The largest absolute Gasteiger partial charge is 0.392 e. The van der Waals surface area contributed by atoms with Crippen LogP contribution >= 0.6 is 0 Å². The van der Waals surface area contributed by atoms with Gasteiger partial charge in [0.15, 0.2) is 0 Å². The minimum Gasteiger partial charge on any atom is -0.392 e. The van der Waals surface area contributed by atoms with Gasteiger partial charge in [0, 0.05) is 44.0 Å². The van der Waals surface area contributed by atoms with E-state index in [2.05, 4.69) is 24.0 Å². The molecule has 5 heteroatoms. The number of amides is 1. The fraction of sp³-hybridized carbons (Fsp3) is 0.625. The van der Waals surface area contributed by atoms with Crippen molar-refractivity contribution in [2.45, 2.75) is 38.8 Å². The molecule has 1 fully saturated rings. The molecule has 1 atom stereocenters. The second kappa shape index (κ2) is 6.12. The standard InChI is InChI=1S/C16H23N3O2/c1-2-13-4-3-12-9-19(8-6-15(12)17-13)16(21)11-18-7-5-14(20)10-18/h3-4,14,20H,2,5-11H2,1H3/t14-/m1/s1. The molecule has 1 N–H and O–H groups in total. The number of fused-ring (bicyclic) bond motifs is 1. The second-order valence-corrected chi connectivity index (χ2v) is 6.00. The van der Waals surface area contributed by atoms with Crippen LogP contribution in [-0.4, -0.2) is 58.1 Å². The average Bonchev–Trinajstić information content (AvgIpc) is 2.91. The maximum Gasteiger partial charge on any atom is 0.237 e. The average molecular weight is 289 g/mol. The zero-order valence-corrected chi connectivity index (χ0v) is 12.6. The fourth-order valence-corrected chi connectivity index (χ4v) is 3.12. The molecule has 0 saturated carbocycles. The summed E-state index contributed by atoms with van der Waals surface area (Å²) in [6.07, 6.45) is 2.31. The molecule has 3 rings (SSSR count). The first kappa shape index (κ1) is 14.5. The minimum atomic E-state index is -0.267. The summed E-state index contributed by atoms with van der Waals surface area (Å²) in [6.45, 7) is 5.39. The first-order valence-corrected chi connectivity index (χ1v) is 7.81. The summed E-state index contributed by atoms with van der Waals surface area (Å²) >= 11 is 0. The summed E-state index contributed by atoms with van der Waals surface area (Å²) in [5, 5.41) is 9.53. The van der Waals surface area contributed by atoms with E-state index in [1.54, 1.807) is 0 Å². The van der Waals surface area contributed by atoms with Gasteiger partial charge in [-0.05, 0) is 24.5 Å². The lowest BCUT2D eigenvalue weighted by atomic mass is 10.0. The summed E-state index contributed by atoms with van der Waals surface area (Å²) < 4.78 is 0. The van der Waals surface area contributed by atoms with Crippen LogP contribution in [0.3, 0.4) is 0 Å². The molecule has 114 valence electrons. The van der Waals surface area contributed by atoms with E-state index in [0.29, 0.717) is 19.6 Å². The number of carbonyl (C=O) groups excluding carboxylic acids is 1. The molecule has 1 aromatic rings. The Hall–Kier alpha value is -1.46. The smallest absolute Gasteiger partial charge is 0.237 e. The SMILES string of the molecule is CCc1ccc2c(n1)CCN(C(=O)CN1CC[C@@H](O)C1)C2. The van der Waals surface area contributed by atoms with Crippen LogP contribution in [0, 0.1) is 0 Å². The van der Waals surface area contributed by atoms with Crippen molar-refractivity contribution in [2.24, 2.45) is 0 Å². The Kier molecular flexibility index (Phi) is 4.22. The van der Waals surface area contributed by atoms with Gasteiger partial charge in [0.25, 0.3) is 0 Å². The Balaban J connectivity index is 1.61. The molecule has 0 bridgehead atoms. The summed E-state index contributed by atoms with van der Waals surface area (Å²) in [7, 11) is 0. The van der Waals surface area contributed by atoms with Crippen LogP contribution in [0.4, 0.5) is 0 Å². The maximum absolute atomic E-state index is 12.4. The van der Waals surface area contributed by atoms with Gasteiger partial charge in [0.2, 0.25) is 5.91 Å². The third-order valence-electron chi connectivity index (χ3n) is 4.43. The molecular formula is C16H23N3O2. The number of aliphatic hydroxyl groups excluding tert-OH is 1. The molecule has 1 amide bonds.